The van der Waals surface area contributed by atoms with E-state index in [1.54, 1.807) is 31.4 Å². The summed E-state index contributed by atoms with van der Waals surface area (Å²) < 4.78 is 4.99. The van der Waals surface area contributed by atoms with Gasteiger partial charge in [-0.25, -0.2) is 0 Å². The first-order valence-electron chi connectivity index (χ1n) is 4.31. The normalized spacial score (nSPS) is 9.57. The Morgan fingerprint density at radius 2 is 2.07 bits per heavy atom. The molecule has 0 aromatic heterocycles. The van der Waals surface area contributed by atoms with Crippen molar-refractivity contribution in [2.45, 2.75) is 0 Å². The van der Waals surface area contributed by atoms with Gasteiger partial charge in [0.05, 0.1) is 7.11 Å². The highest BCUT2D eigenvalue weighted by Gasteiger charge is 2.03. The van der Waals surface area contributed by atoms with Gasteiger partial charge < -0.3 is 10.1 Å². The van der Waals surface area contributed by atoms with Crippen LogP contribution in [0, 0.1) is 0 Å². The average Bonchev–Trinajstić information content (AvgIpc) is 2.26. The summed E-state index contributed by atoms with van der Waals surface area (Å²) in [5, 5.41) is 2.73. The van der Waals surface area contributed by atoms with Gasteiger partial charge in [-0.3, -0.25) is 4.79 Å². The van der Waals surface area contributed by atoms with Gasteiger partial charge in [-0.05, 0) is 24.3 Å². The number of rotatable bonds is 4. The fraction of sp³-hybridized carbons (Fsp3) is 0.300. The molecular weight excluding hydrogens is 198 g/mol. The average molecular weight is 211 g/mol. The zero-order valence-corrected chi connectivity index (χ0v) is 8.88. The van der Waals surface area contributed by atoms with Crippen LogP contribution in [0.5, 0.6) is 5.75 Å². The van der Waals surface area contributed by atoms with Gasteiger partial charge in [0.25, 0.3) is 5.91 Å². The lowest BCUT2D eigenvalue weighted by atomic mass is 10.2. The molecule has 0 saturated heterocycles. The Kier molecular flexibility index (Phi) is 4.32. The van der Waals surface area contributed by atoms with E-state index in [2.05, 4.69) is 17.9 Å². The number of benzene rings is 1. The molecule has 14 heavy (non-hydrogen) atoms. The molecule has 0 radical (unpaired) electrons. The zero-order valence-electron chi connectivity index (χ0n) is 7.99. The zero-order chi connectivity index (χ0) is 10.4. The van der Waals surface area contributed by atoms with Crippen molar-refractivity contribution in [2.24, 2.45) is 0 Å². The van der Waals surface area contributed by atoms with Crippen LogP contribution in [-0.4, -0.2) is 25.3 Å². The molecule has 0 atom stereocenters. The molecule has 0 spiro atoms. The summed E-state index contributed by atoms with van der Waals surface area (Å²) in [4.78, 5) is 11.4. The summed E-state index contributed by atoms with van der Waals surface area (Å²) in [6.07, 6.45) is 0. The molecule has 0 bridgehead atoms. The van der Waals surface area contributed by atoms with Gasteiger partial charge >= 0.3 is 0 Å². The summed E-state index contributed by atoms with van der Waals surface area (Å²) in [5.41, 5.74) is 0.632. The largest absolute Gasteiger partial charge is 0.497 e. The van der Waals surface area contributed by atoms with Gasteiger partial charge in [-0.15, -0.1) is 0 Å². The van der Waals surface area contributed by atoms with Crippen molar-refractivity contribution in [2.75, 3.05) is 19.4 Å². The van der Waals surface area contributed by atoms with E-state index >= 15 is 0 Å². The van der Waals surface area contributed by atoms with Crippen LogP contribution in [0.2, 0.25) is 0 Å². The number of carbonyl (C=O) groups excluding carboxylic acids is 1. The molecule has 1 amide bonds. The Labute approximate surface area is 88.9 Å². The van der Waals surface area contributed by atoms with E-state index in [0.717, 1.165) is 5.75 Å². The predicted molar refractivity (Wildman–Crippen MR) is 59.2 cm³/mol. The number of amides is 1. The van der Waals surface area contributed by atoms with Crippen LogP contribution in [0.4, 0.5) is 0 Å². The lowest BCUT2D eigenvalue weighted by Gasteiger charge is -2.04. The quantitative estimate of drug-likeness (QED) is 0.738. The lowest BCUT2D eigenvalue weighted by Crippen LogP contribution is -2.25. The first kappa shape index (κ1) is 10.9. The van der Waals surface area contributed by atoms with Crippen molar-refractivity contribution in [3.63, 3.8) is 0 Å². The molecule has 0 aliphatic rings. The van der Waals surface area contributed by atoms with E-state index in [9.17, 15) is 4.79 Å². The summed E-state index contributed by atoms with van der Waals surface area (Å²) in [6.45, 7) is 0.577. The third-order valence-corrected chi connectivity index (χ3v) is 1.97. The highest BCUT2D eigenvalue weighted by Crippen LogP contribution is 2.10. The second-order valence-corrected chi connectivity index (χ2v) is 3.16. The van der Waals surface area contributed by atoms with E-state index in [4.69, 9.17) is 4.74 Å². The van der Waals surface area contributed by atoms with Gasteiger partial charge in [0.1, 0.15) is 5.75 Å². The number of hydrogen-bond acceptors (Lipinski definition) is 3. The second kappa shape index (κ2) is 5.54. The number of methoxy groups -OCH3 is 1. The van der Waals surface area contributed by atoms with Crippen molar-refractivity contribution in [1.82, 2.24) is 5.32 Å². The first-order chi connectivity index (χ1) is 6.77. The molecule has 0 aliphatic carbocycles. The first-order valence-corrected chi connectivity index (χ1v) is 4.94. The van der Waals surface area contributed by atoms with Gasteiger partial charge in [-0.2, -0.15) is 12.6 Å². The van der Waals surface area contributed by atoms with Crippen LogP contribution in [0.25, 0.3) is 0 Å². The molecule has 1 N–H and O–H groups in total. The van der Waals surface area contributed by atoms with Crippen LogP contribution in [0.15, 0.2) is 24.3 Å². The van der Waals surface area contributed by atoms with E-state index in [0.29, 0.717) is 17.9 Å². The summed E-state index contributed by atoms with van der Waals surface area (Å²) in [6, 6.07) is 6.98. The van der Waals surface area contributed by atoms with E-state index in [-0.39, 0.29) is 5.91 Å². The van der Waals surface area contributed by atoms with E-state index in [1.165, 1.54) is 0 Å². The van der Waals surface area contributed by atoms with Crippen LogP contribution >= 0.6 is 12.6 Å². The molecule has 1 aromatic rings. The van der Waals surface area contributed by atoms with Crippen LogP contribution < -0.4 is 10.1 Å². The van der Waals surface area contributed by atoms with Gasteiger partial charge in [0.15, 0.2) is 0 Å². The summed E-state index contributed by atoms with van der Waals surface area (Å²) >= 11 is 4.00. The minimum atomic E-state index is -0.0818. The second-order valence-electron chi connectivity index (χ2n) is 2.71. The number of carbonyl (C=O) groups is 1. The van der Waals surface area contributed by atoms with Gasteiger partial charge in [0, 0.05) is 17.9 Å². The third-order valence-electron chi connectivity index (χ3n) is 1.75. The molecule has 3 nitrogen and oxygen atoms in total. The van der Waals surface area contributed by atoms with Crippen LogP contribution in [0.1, 0.15) is 10.4 Å². The molecule has 0 saturated carbocycles. The number of nitrogens with one attached hydrogen (secondary N) is 1. The maximum Gasteiger partial charge on any atom is 0.251 e. The molecule has 0 fully saturated rings. The molecule has 1 rings (SSSR count). The fourth-order valence-corrected chi connectivity index (χ4v) is 1.13. The van der Waals surface area contributed by atoms with E-state index < -0.39 is 0 Å². The maximum atomic E-state index is 11.4. The number of ether oxygens (including phenoxy) is 1. The minimum Gasteiger partial charge on any atom is -0.497 e. The smallest absolute Gasteiger partial charge is 0.251 e. The SMILES string of the molecule is COc1ccc(C(=O)NCCS)cc1. The minimum absolute atomic E-state index is 0.0818. The molecule has 0 heterocycles. The van der Waals surface area contributed by atoms with Crippen molar-refractivity contribution in [3.8, 4) is 5.75 Å². The van der Waals surface area contributed by atoms with Crippen molar-refractivity contribution in [3.05, 3.63) is 29.8 Å². The maximum absolute atomic E-state index is 11.4. The molecule has 76 valence electrons. The van der Waals surface area contributed by atoms with Gasteiger partial charge in [-0.1, -0.05) is 0 Å². The number of thiol groups is 1. The Bertz CT molecular complexity index is 297. The van der Waals surface area contributed by atoms with Gasteiger partial charge in [0.2, 0.25) is 0 Å². The van der Waals surface area contributed by atoms with E-state index in [1.807, 2.05) is 0 Å². The molecule has 0 unspecified atom stereocenters. The number of hydrogen-bond donors (Lipinski definition) is 2. The van der Waals surface area contributed by atoms with Crippen molar-refractivity contribution >= 4 is 18.5 Å². The highest BCUT2D eigenvalue weighted by atomic mass is 32.1. The molecule has 0 aliphatic heterocycles. The standard InChI is InChI=1S/C10H13NO2S/c1-13-9-4-2-8(3-5-9)10(12)11-6-7-14/h2-5,14H,6-7H2,1H3,(H,11,12). The van der Waals surface area contributed by atoms with Crippen molar-refractivity contribution < 1.29 is 9.53 Å². The lowest BCUT2D eigenvalue weighted by molar-refractivity contribution is 0.0956. The Morgan fingerprint density at radius 3 is 2.57 bits per heavy atom. The Hall–Kier alpha value is -1.16. The van der Waals surface area contributed by atoms with Crippen LogP contribution in [-0.2, 0) is 0 Å². The summed E-state index contributed by atoms with van der Waals surface area (Å²) in [5.74, 6) is 1.31. The molecular formula is C10H13NO2S. The Balaban J connectivity index is 2.62. The van der Waals surface area contributed by atoms with Crippen molar-refractivity contribution in [1.29, 1.82) is 0 Å². The van der Waals surface area contributed by atoms with Crippen LogP contribution in [0.3, 0.4) is 0 Å². The third kappa shape index (κ3) is 2.96. The monoisotopic (exact) mass is 211 g/mol. The highest BCUT2D eigenvalue weighted by molar-refractivity contribution is 7.80. The topological polar surface area (TPSA) is 38.3 Å². The fourth-order valence-electron chi connectivity index (χ4n) is 1.01. The molecule has 1 aromatic carbocycles. The summed E-state index contributed by atoms with van der Waals surface area (Å²) in [7, 11) is 1.59. The Morgan fingerprint density at radius 1 is 1.43 bits per heavy atom. The molecule has 4 heteroatoms. The predicted octanol–water partition coefficient (Wildman–Crippen LogP) is 1.35.